The van der Waals surface area contributed by atoms with Crippen molar-refractivity contribution >= 4 is 0 Å². The molecule has 1 aliphatic rings. The maximum Gasteiger partial charge on any atom is 0.0544 e. The second-order valence-corrected chi connectivity index (χ2v) is 5.08. The van der Waals surface area contributed by atoms with E-state index in [0.29, 0.717) is 0 Å². The monoisotopic (exact) mass is 234 g/mol. The molecule has 0 aromatic carbocycles. The molecule has 0 atom stereocenters. The molecule has 17 heavy (non-hydrogen) atoms. The molecule has 1 aliphatic carbocycles. The first-order valence-corrected chi connectivity index (χ1v) is 6.55. The molecular weight excluding hydrogens is 212 g/mol. The lowest BCUT2D eigenvalue weighted by atomic mass is 9.87. The van der Waals surface area contributed by atoms with Crippen LogP contribution in [0.25, 0.3) is 0 Å². The number of aliphatic hydroxyl groups is 1. The van der Waals surface area contributed by atoms with Crippen LogP contribution in [0.5, 0.6) is 0 Å². The highest BCUT2D eigenvalue weighted by molar-refractivity contribution is 5.09. The minimum Gasteiger partial charge on any atom is -0.393 e. The van der Waals surface area contributed by atoms with Crippen molar-refractivity contribution in [2.45, 2.75) is 45.3 Å². The Balaban J connectivity index is 1.69. The summed E-state index contributed by atoms with van der Waals surface area (Å²) in [5, 5.41) is 12.9. The third-order valence-electron chi connectivity index (χ3n) is 3.50. The molecule has 0 radical (unpaired) electrons. The van der Waals surface area contributed by atoms with Crippen molar-refractivity contribution < 1.29 is 5.11 Å². The van der Waals surface area contributed by atoms with Gasteiger partial charge in [0.05, 0.1) is 11.8 Å². The van der Waals surface area contributed by atoms with Gasteiger partial charge in [0.25, 0.3) is 0 Å². The molecular formula is C14H22N2O. The molecule has 94 valence electrons. The number of aliphatic hydroxyl groups excluding tert-OH is 1. The van der Waals surface area contributed by atoms with Gasteiger partial charge in [0.15, 0.2) is 0 Å². The molecule has 0 aliphatic heterocycles. The zero-order valence-electron chi connectivity index (χ0n) is 10.5. The van der Waals surface area contributed by atoms with Gasteiger partial charge in [-0.3, -0.25) is 4.98 Å². The van der Waals surface area contributed by atoms with Gasteiger partial charge >= 0.3 is 0 Å². The quantitative estimate of drug-likeness (QED) is 0.838. The number of hydrogen-bond acceptors (Lipinski definition) is 3. The Morgan fingerprint density at radius 2 is 2.06 bits per heavy atom. The van der Waals surface area contributed by atoms with Gasteiger partial charge in [0.2, 0.25) is 0 Å². The fourth-order valence-corrected chi connectivity index (χ4v) is 2.45. The maximum atomic E-state index is 9.43. The van der Waals surface area contributed by atoms with Crippen LogP contribution >= 0.6 is 0 Å². The molecule has 1 aromatic heterocycles. The van der Waals surface area contributed by atoms with E-state index >= 15 is 0 Å². The summed E-state index contributed by atoms with van der Waals surface area (Å²) in [6.07, 6.45) is 4.18. The molecule has 3 nitrogen and oxygen atoms in total. The molecule has 1 aromatic rings. The van der Waals surface area contributed by atoms with Crippen molar-refractivity contribution in [3.05, 3.63) is 29.6 Å². The molecule has 0 spiro atoms. The molecule has 3 heteroatoms. The van der Waals surface area contributed by atoms with Crippen molar-refractivity contribution in [1.29, 1.82) is 0 Å². The number of hydrogen-bond donors (Lipinski definition) is 2. The van der Waals surface area contributed by atoms with Crippen molar-refractivity contribution in [3.8, 4) is 0 Å². The van der Waals surface area contributed by atoms with E-state index in [0.717, 1.165) is 56.1 Å². The fourth-order valence-electron chi connectivity index (χ4n) is 2.45. The van der Waals surface area contributed by atoms with E-state index in [-0.39, 0.29) is 6.10 Å². The summed E-state index contributed by atoms with van der Waals surface area (Å²) in [5.41, 5.74) is 2.19. The molecule has 1 fully saturated rings. The van der Waals surface area contributed by atoms with Crippen LogP contribution in [-0.2, 0) is 6.54 Å². The number of nitrogens with one attached hydrogen (secondary N) is 1. The Hall–Kier alpha value is -0.930. The highest BCUT2D eigenvalue weighted by Gasteiger charge is 2.18. The van der Waals surface area contributed by atoms with E-state index in [2.05, 4.69) is 22.4 Å². The summed E-state index contributed by atoms with van der Waals surface area (Å²) in [5.74, 6) is 0.725. The SMILES string of the molecule is Cc1cccc(CNCC2CCC(O)CC2)n1. The van der Waals surface area contributed by atoms with Crippen LogP contribution in [0.1, 0.15) is 37.1 Å². The summed E-state index contributed by atoms with van der Waals surface area (Å²) >= 11 is 0. The lowest BCUT2D eigenvalue weighted by Gasteiger charge is -2.25. The van der Waals surface area contributed by atoms with Gasteiger partial charge in [-0.25, -0.2) is 0 Å². The highest BCUT2D eigenvalue weighted by atomic mass is 16.3. The van der Waals surface area contributed by atoms with Gasteiger partial charge in [-0.05, 0) is 57.2 Å². The van der Waals surface area contributed by atoms with Crippen LogP contribution in [0.2, 0.25) is 0 Å². The van der Waals surface area contributed by atoms with Gasteiger partial charge < -0.3 is 10.4 Å². The number of pyridine rings is 1. The Labute approximate surface area is 103 Å². The van der Waals surface area contributed by atoms with Crippen molar-refractivity contribution in [2.75, 3.05) is 6.54 Å². The first-order chi connectivity index (χ1) is 8.24. The minimum absolute atomic E-state index is 0.0512. The largest absolute Gasteiger partial charge is 0.393 e. The fraction of sp³-hybridized carbons (Fsp3) is 0.643. The summed E-state index contributed by atoms with van der Waals surface area (Å²) in [4.78, 5) is 4.47. The Morgan fingerprint density at radius 1 is 1.29 bits per heavy atom. The lowest BCUT2D eigenvalue weighted by molar-refractivity contribution is 0.108. The zero-order valence-corrected chi connectivity index (χ0v) is 10.5. The van der Waals surface area contributed by atoms with E-state index in [9.17, 15) is 5.11 Å². The van der Waals surface area contributed by atoms with Gasteiger partial charge in [0, 0.05) is 12.2 Å². The van der Waals surface area contributed by atoms with E-state index < -0.39 is 0 Å². The molecule has 2 N–H and O–H groups in total. The minimum atomic E-state index is -0.0512. The van der Waals surface area contributed by atoms with Crippen LogP contribution < -0.4 is 5.32 Å². The number of aromatic nitrogens is 1. The predicted octanol–water partition coefficient (Wildman–Crippen LogP) is 2.03. The van der Waals surface area contributed by atoms with Crippen LogP contribution in [0, 0.1) is 12.8 Å². The lowest BCUT2D eigenvalue weighted by Crippen LogP contribution is -2.27. The summed E-state index contributed by atoms with van der Waals surface area (Å²) in [6.45, 7) is 3.91. The average Bonchev–Trinajstić information content (AvgIpc) is 2.32. The van der Waals surface area contributed by atoms with Crippen molar-refractivity contribution in [2.24, 2.45) is 5.92 Å². The normalized spacial score (nSPS) is 24.8. The van der Waals surface area contributed by atoms with Gasteiger partial charge in [-0.15, -0.1) is 0 Å². The highest BCUT2D eigenvalue weighted by Crippen LogP contribution is 2.23. The second kappa shape index (κ2) is 6.12. The molecule has 2 rings (SSSR count). The first-order valence-electron chi connectivity index (χ1n) is 6.55. The van der Waals surface area contributed by atoms with E-state index in [4.69, 9.17) is 0 Å². The average molecular weight is 234 g/mol. The number of rotatable bonds is 4. The van der Waals surface area contributed by atoms with Crippen molar-refractivity contribution in [3.63, 3.8) is 0 Å². The molecule has 1 saturated carbocycles. The number of nitrogens with zero attached hydrogens (tertiary/aromatic N) is 1. The van der Waals surface area contributed by atoms with Gasteiger partial charge in [-0.2, -0.15) is 0 Å². The molecule has 0 amide bonds. The predicted molar refractivity (Wildman–Crippen MR) is 68.6 cm³/mol. The summed E-state index contributed by atoms with van der Waals surface area (Å²) < 4.78 is 0. The van der Waals surface area contributed by atoms with Crippen LogP contribution in [0.3, 0.4) is 0 Å². The van der Waals surface area contributed by atoms with Crippen molar-refractivity contribution in [1.82, 2.24) is 10.3 Å². The third-order valence-corrected chi connectivity index (χ3v) is 3.50. The zero-order chi connectivity index (χ0) is 12.1. The Morgan fingerprint density at radius 3 is 2.76 bits per heavy atom. The van der Waals surface area contributed by atoms with Crippen LogP contribution in [0.4, 0.5) is 0 Å². The van der Waals surface area contributed by atoms with Gasteiger partial charge in [0.1, 0.15) is 0 Å². The van der Waals surface area contributed by atoms with Gasteiger partial charge in [-0.1, -0.05) is 6.07 Å². The van der Waals surface area contributed by atoms with Crippen LogP contribution in [0.15, 0.2) is 18.2 Å². The van der Waals surface area contributed by atoms with E-state index in [1.165, 1.54) is 0 Å². The Bertz CT molecular complexity index is 346. The summed E-state index contributed by atoms with van der Waals surface area (Å²) in [7, 11) is 0. The second-order valence-electron chi connectivity index (χ2n) is 5.08. The third kappa shape index (κ3) is 4.10. The standard InChI is InChI=1S/C14H22N2O/c1-11-3-2-4-13(16-11)10-15-9-12-5-7-14(17)8-6-12/h2-4,12,14-15,17H,5-10H2,1H3. The Kier molecular flexibility index (Phi) is 4.51. The smallest absolute Gasteiger partial charge is 0.0544 e. The molecule has 1 heterocycles. The molecule has 0 unspecified atom stereocenters. The topological polar surface area (TPSA) is 45.1 Å². The van der Waals surface area contributed by atoms with Crippen LogP contribution in [-0.4, -0.2) is 22.7 Å². The summed E-state index contributed by atoms with van der Waals surface area (Å²) in [6, 6.07) is 6.13. The molecule has 0 bridgehead atoms. The molecule has 0 saturated heterocycles. The number of aryl methyl sites for hydroxylation is 1. The maximum absolute atomic E-state index is 9.43. The first kappa shape index (κ1) is 12.5. The van der Waals surface area contributed by atoms with E-state index in [1.807, 2.05) is 13.0 Å². The van der Waals surface area contributed by atoms with E-state index in [1.54, 1.807) is 0 Å².